The molecule has 0 atom stereocenters. The van der Waals surface area contributed by atoms with E-state index in [1.807, 2.05) is 0 Å². The van der Waals surface area contributed by atoms with Gasteiger partial charge in [-0.1, -0.05) is 0 Å². The summed E-state index contributed by atoms with van der Waals surface area (Å²) in [5, 5.41) is 5.12. The Balaban J connectivity index is 2.37. The SMILES string of the molecule is O=C1CCNC(=O)c2[nH]cnc2N1. The van der Waals surface area contributed by atoms with Crippen LogP contribution in [-0.4, -0.2) is 28.3 Å². The molecule has 1 aromatic heterocycles. The van der Waals surface area contributed by atoms with E-state index in [1.165, 1.54) is 6.33 Å². The minimum atomic E-state index is -0.243. The van der Waals surface area contributed by atoms with Crippen LogP contribution < -0.4 is 10.6 Å². The molecule has 1 aromatic rings. The maximum absolute atomic E-state index is 11.3. The van der Waals surface area contributed by atoms with E-state index in [4.69, 9.17) is 0 Å². The number of carbonyl (C=O) groups excluding carboxylic acids is 2. The van der Waals surface area contributed by atoms with Gasteiger partial charge in [0.25, 0.3) is 5.91 Å². The number of fused-ring (bicyclic) bond motifs is 1. The van der Waals surface area contributed by atoms with Gasteiger partial charge >= 0.3 is 0 Å². The Morgan fingerprint density at radius 3 is 3.08 bits per heavy atom. The molecule has 0 bridgehead atoms. The third kappa shape index (κ3) is 1.37. The van der Waals surface area contributed by atoms with Crippen LogP contribution in [0.25, 0.3) is 0 Å². The molecule has 0 aliphatic carbocycles. The summed E-state index contributed by atoms with van der Waals surface area (Å²) < 4.78 is 0. The molecule has 3 N–H and O–H groups in total. The Hall–Kier alpha value is -1.85. The molecule has 2 amide bonds. The number of amides is 2. The second kappa shape index (κ2) is 2.89. The lowest BCUT2D eigenvalue weighted by molar-refractivity contribution is -0.116. The summed E-state index contributed by atoms with van der Waals surface area (Å²) in [7, 11) is 0. The third-order valence-corrected chi connectivity index (χ3v) is 1.76. The number of anilines is 1. The van der Waals surface area contributed by atoms with Crippen molar-refractivity contribution in [1.29, 1.82) is 0 Å². The largest absolute Gasteiger partial charge is 0.350 e. The van der Waals surface area contributed by atoms with Crippen LogP contribution in [0.4, 0.5) is 5.82 Å². The van der Waals surface area contributed by atoms with Crippen LogP contribution in [0.1, 0.15) is 16.9 Å². The zero-order chi connectivity index (χ0) is 9.26. The average Bonchev–Trinajstić information content (AvgIpc) is 2.49. The van der Waals surface area contributed by atoms with E-state index < -0.39 is 0 Å². The van der Waals surface area contributed by atoms with Crippen LogP contribution >= 0.6 is 0 Å². The highest BCUT2D eigenvalue weighted by molar-refractivity contribution is 6.02. The highest BCUT2D eigenvalue weighted by Crippen LogP contribution is 2.10. The van der Waals surface area contributed by atoms with Crippen molar-refractivity contribution in [3.63, 3.8) is 0 Å². The third-order valence-electron chi connectivity index (χ3n) is 1.76. The van der Waals surface area contributed by atoms with Crippen LogP contribution in [0.3, 0.4) is 0 Å². The number of nitrogens with zero attached hydrogens (tertiary/aromatic N) is 1. The van der Waals surface area contributed by atoms with Crippen molar-refractivity contribution in [2.75, 3.05) is 11.9 Å². The standard InChI is InChI=1S/C7H8N4O2/c12-4-1-2-8-7(13)5-6(11-4)10-3-9-5/h3H,1-2H2,(H,8,13)(H,9,10)(H,11,12). The molecule has 0 saturated carbocycles. The predicted octanol–water partition coefficient (Wildman–Crippen LogP) is -0.518. The zero-order valence-corrected chi connectivity index (χ0v) is 6.76. The number of hydrogen-bond acceptors (Lipinski definition) is 3. The predicted molar refractivity (Wildman–Crippen MR) is 44.2 cm³/mol. The van der Waals surface area contributed by atoms with Crippen molar-refractivity contribution < 1.29 is 9.59 Å². The van der Waals surface area contributed by atoms with E-state index in [2.05, 4.69) is 20.6 Å². The van der Waals surface area contributed by atoms with Crippen LogP contribution in [0, 0.1) is 0 Å². The molecule has 0 radical (unpaired) electrons. The summed E-state index contributed by atoms with van der Waals surface area (Å²) in [6.45, 7) is 0.350. The highest BCUT2D eigenvalue weighted by atomic mass is 16.2. The molecule has 2 heterocycles. The van der Waals surface area contributed by atoms with Gasteiger partial charge in [0, 0.05) is 13.0 Å². The molecule has 68 valence electrons. The fourth-order valence-corrected chi connectivity index (χ4v) is 1.13. The summed E-state index contributed by atoms with van der Waals surface area (Å²) in [6, 6.07) is 0. The van der Waals surface area contributed by atoms with Crippen molar-refractivity contribution in [3.8, 4) is 0 Å². The van der Waals surface area contributed by atoms with E-state index in [1.54, 1.807) is 0 Å². The number of aromatic nitrogens is 2. The molecule has 0 unspecified atom stereocenters. The Morgan fingerprint density at radius 2 is 2.23 bits per heavy atom. The van der Waals surface area contributed by atoms with Gasteiger partial charge < -0.3 is 15.6 Å². The second-order valence-corrected chi connectivity index (χ2v) is 2.68. The molecule has 13 heavy (non-hydrogen) atoms. The molecular weight excluding hydrogens is 172 g/mol. The highest BCUT2D eigenvalue weighted by Gasteiger charge is 2.18. The van der Waals surface area contributed by atoms with Crippen molar-refractivity contribution in [2.45, 2.75) is 6.42 Å². The van der Waals surface area contributed by atoms with Crippen LogP contribution in [0.5, 0.6) is 0 Å². The molecule has 1 aliphatic heterocycles. The molecule has 0 aromatic carbocycles. The minimum Gasteiger partial charge on any atom is -0.350 e. The maximum atomic E-state index is 11.3. The number of nitrogens with one attached hydrogen (secondary N) is 3. The zero-order valence-electron chi connectivity index (χ0n) is 6.76. The minimum absolute atomic E-state index is 0.145. The van der Waals surface area contributed by atoms with Gasteiger partial charge in [-0.15, -0.1) is 0 Å². The van der Waals surface area contributed by atoms with Crippen molar-refractivity contribution in [1.82, 2.24) is 15.3 Å². The molecule has 6 nitrogen and oxygen atoms in total. The van der Waals surface area contributed by atoms with Gasteiger partial charge in [0.1, 0.15) is 5.69 Å². The number of rotatable bonds is 0. The van der Waals surface area contributed by atoms with E-state index in [0.717, 1.165) is 0 Å². The van der Waals surface area contributed by atoms with E-state index in [9.17, 15) is 9.59 Å². The van der Waals surface area contributed by atoms with Crippen molar-refractivity contribution in [3.05, 3.63) is 12.0 Å². The number of carbonyl (C=O) groups is 2. The van der Waals surface area contributed by atoms with Gasteiger partial charge in [0.2, 0.25) is 5.91 Å². The summed E-state index contributed by atoms with van der Waals surface area (Å²) in [6.07, 6.45) is 1.65. The first-order valence-electron chi connectivity index (χ1n) is 3.89. The Bertz CT molecular complexity index is 357. The Morgan fingerprint density at radius 1 is 1.38 bits per heavy atom. The van der Waals surface area contributed by atoms with Gasteiger partial charge in [-0.3, -0.25) is 9.59 Å². The normalized spacial score (nSPS) is 16.6. The number of hydrogen-bond donors (Lipinski definition) is 3. The Labute approximate surface area is 73.7 Å². The smallest absolute Gasteiger partial charge is 0.271 e. The molecule has 6 heteroatoms. The molecule has 0 saturated heterocycles. The number of aromatic amines is 1. The molecule has 2 rings (SSSR count). The molecule has 1 aliphatic rings. The summed E-state index contributed by atoms with van der Waals surface area (Å²) >= 11 is 0. The first kappa shape index (κ1) is 7.78. The average molecular weight is 180 g/mol. The van der Waals surface area contributed by atoms with E-state index in [-0.39, 0.29) is 18.2 Å². The fraction of sp³-hybridized carbons (Fsp3) is 0.286. The summed E-state index contributed by atoms with van der Waals surface area (Å²) in [5.74, 6) is -0.0944. The summed E-state index contributed by atoms with van der Waals surface area (Å²) in [4.78, 5) is 28.8. The Kier molecular flexibility index (Phi) is 1.73. The molecule has 0 fully saturated rings. The monoisotopic (exact) mass is 180 g/mol. The first-order chi connectivity index (χ1) is 6.27. The molecular formula is C7H8N4O2. The lowest BCUT2D eigenvalue weighted by atomic mass is 10.3. The second-order valence-electron chi connectivity index (χ2n) is 2.68. The maximum Gasteiger partial charge on any atom is 0.271 e. The van der Waals surface area contributed by atoms with Crippen molar-refractivity contribution in [2.24, 2.45) is 0 Å². The summed E-state index contributed by atoms with van der Waals surface area (Å²) in [5.41, 5.74) is 0.299. The van der Waals surface area contributed by atoms with Crippen LogP contribution in [0.15, 0.2) is 6.33 Å². The van der Waals surface area contributed by atoms with E-state index in [0.29, 0.717) is 18.1 Å². The van der Waals surface area contributed by atoms with Gasteiger partial charge in [0.05, 0.1) is 6.33 Å². The fourth-order valence-electron chi connectivity index (χ4n) is 1.13. The van der Waals surface area contributed by atoms with E-state index >= 15 is 0 Å². The quantitative estimate of drug-likeness (QED) is 0.502. The first-order valence-corrected chi connectivity index (χ1v) is 3.89. The van der Waals surface area contributed by atoms with Gasteiger partial charge in [0.15, 0.2) is 5.82 Å². The number of H-pyrrole nitrogens is 1. The van der Waals surface area contributed by atoms with Gasteiger partial charge in [-0.2, -0.15) is 0 Å². The van der Waals surface area contributed by atoms with Gasteiger partial charge in [-0.05, 0) is 0 Å². The van der Waals surface area contributed by atoms with Crippen LogP contribution in [-0.2, 0) is 4.79 Å². The molecule has 0 spiro atoms. The lowest BCUT2D eigenvalue weighted by Gasteiger charge is -2.09. The van der Waals surface area contributed by atoms with Gasteiger partial charge in [-0.25, -0.2) is 4.98 Å². The number of imidazole rings is 1. The van der Waals surface area contributed by atoms with Crippen LogP contribution in [0.2, 0.25) is 0 Å². The lowest BCUT2D eigenvalue weighted by Crippen LogP contribution is -2.31. The van der Waals surface area contributed by atoms with Crippen molar-refractivity contribution >= 4 is 17.6 Å². The topological polar surface area (TPSA) is 86.9 Å².